The number of hydrogen-bond donors (Lipinski definition) is 1. The molecule has 1 amide bonds. The van der Waals surface area contributed by atoms with E-state index in [2.05, 4.69) is 0 Å². The number of aliphatic hydroxyl groups is 1. The Morgan fingerprint density at radius 2 is 1.74 bits per heavy atom. The van der Waals surface area contributed by atoms with Crippen LogP contribution < -0.4 is 9.47 Å². The maximum atomic E-state index is 13.2. The predicted octanol–water partition coefficient (Wildman–Crippen LogP) is 4.97. The molecule has 1 unspecified atom stereocenters. The summed E-state index contributed by atoms with van der Waals surface area (Å²) in [6, 6.07) is 13.4. The summed E-state index contributed by atoms with van der Waals surface area (Å²) in [4.78, 5) is 27.8. The van der Waals surface area contributed by atoms with Gasteiger partial charge >= 0.3 is 0 Å². The molecule has 188 valence electrons. The van der Waals surface area contributed by atoms with Crippen molar-refractivity contribution in [1.82, 2.24) is 4.90 Å². The van der Waals surface area contributed by atoms with Crippen LogP contribution in [0, 0.1) is 5.92 Å². The fourth-order valence-corrected chi connectivity index (χ4v) is 3.97. The first-order valence-corrected chi connectivity index (χ1v) is 12.0. The predicted molar refractivity (Wildman–Crippen MR) is 134 cm³/mol. The van der Waals surface area contributed by atoms with Gasteiger partial charge in [0.2, 0.25) is 0 Å². The molecule has 0 spiro atoms. The van der Waals surface area contributed by atoms with Gasteiger partial charge in [-0.1, -0.05) is 38.1 Å². The van der Waals surface area contributed by atoms with Crippen molar-refractivity contribution in [2.24, 2.45) is 5.92 Å². The van der Waals surface area contributed by atoms with Crippen LogP contribution in [0.3, 0.4) is 0 Å². The zero-order valence-electron chi connectivity index (χ0n) is 21.1. The van der Waals surface area contributed by atoms with Crippen molar-refractivity contribution in [3.63, 3.8) is 0 Å². The number of benzene rings is 2. The van der Waals surface area contributed by atoms with Gasteiger partial charge in [-0.2, -0.15) is 0 Å². The Hall–Kier alpha value is -3.32. The maximum absolute atomic E-state index is 13.2. The van der Waals surface area contributed by atoms with Crippen molar-refractivity contribution in [2.75, 3.05) is 26.9 Å². The molecular weight excluding hydrogens is 446 g/mol. The molecule has 0 aliphatic carbocycles. The average molecular weight is 482 g/mol. The number of likely N-dealkylation sites (tertiary alicyclic amines) is 1. The SMILES string of the molecule is COc1cccc(C2/C(=C(/O)c3cccc(OCC(C)C)c3)C(=O)C(=O)N2CCCOC(C)C)c1. The molecule has 1 N–H and O–H groups in total. The largest absolute Gasteiger partial charge is 0.507 e. The minimum Gasteiger partial charge on any atom is -0.507 e. The third kappa shape index (κ3) is 6.42. The van der Waals surface area contributed by atoms with Crippen LogP contribution in [-0.4, -0.2) is 54.7 Å². The number of nitrogens with zero attached hydrogens (tertiary/aromatic N) is 1. The Morgan fingerprint density at radius 3 is 2.43 bits per heavy atom. The van der Waals surface area contributed by atoms with Crippen LogP contribution in [0.4, 0.5) is 0 Å². The topological polar surface area (TPSA) is 85.3 Å². The van der Waals surface area contributed by atoms with Crippen molar-refractivity contribution >= 4 is 17.4 Å². The molecule has 35 heavy (non-hydrogen) atoms. The van der Waals surface area contributed by atoms with Gasteiger partial charge in [0, 0.05) is 18.7 Å². The molecule has 3 rings (SSSR count). The van der Waals surface area contributed by atoms with E-state index in [0.717, 1.165) is 0 Å². The van der Waals surface area contributed by atoms with Crippen LogP contribution in [0.5, 0.6) is 11.5 Å². The highest BCUT2D eigenvalue weighted by Gasteiger charge is 2.45. The van der Waals surface area contributed by atoms with Gasteiger partial charge in [0.1, 0.15) is 17.3 Å². The Bertz CT molecular complexity index is 1070. The number of carbonyl (C=O) groups excluding carboxylic acids is 2. The van der Waals surface area contributed by atoms with Crippen LogP contribution >= 0.6 is 0 Å². The van der Waals surface area contributed by atoms with Gasteiger partial charge in [-0.15, -0.1) is 0 Å². The summed E-state index contributed by atoms with van der Waals surface area (Å²) in [5, 5.41) is 11.3. The van der Waals surface area contributed by atoms with Crippen molar-refractivity contribution < 1.29 is 28.9 Å². The second-order valence-corrected chi connectivity index (χ2v) is 9.27. The van der Waals surface area contributed by atoms with E-state index >= 15 is 0 Å². The van der Waals surface area contributed by atoms with Gasteiger partial charge in [0.25, 0.3) is 11.7 Å². The van der Waals surface area contributed by atoms with Crippen LogP contribution in [0.25, 0.3) is 5.76 Å². The molecule has 2 aromatic carbocycles. The summed E-state index contributed by atoms with van der Waals surface area (Å²) in [6.45, 7) is 9.28. The molecule has 1 heterocycles. The molecule has 7 nitrogen and oxygen atoms in total. The van der Waals surface area contributed by atoms with Gasteiger partial charge in [-0.05, 0) is 56.0 Å². The molecule has 0 radical (unpaired) electrons. The Morgan fingerprint density at radius 1 is 1.03 bits per heavy atom. The number of Topliss-reactive ketones (excluding diaryl/α,β-unsaturated/α-hetero) is 1. The van der Waals surface area contributed by atoms with Gasteiger partial charge < -0.3 is 24.2 Å². The standard InChI is InChI=1S/C28H35NO6/c1-18(2)17-35-23-12-7-10-21(16-23)26(30)24-25(20-9-6-11-22(15-20)33-5)29(28(32)27(24)31)13-8-14-34-19(3)4/h6-7,9-12,15-16,18-19,25,30H,8,13-14,17H2,1-5H3/b26-24-. The van der Waals surface area contributed by atoms with Gasteiger partial charge in [0.05, 0.1) is 31.4 Å². The summed E-state index contributed by atoms with van der Waals surface area (Å²) >= 11 is 0. The van der Waals surface area contributed by atoms with Crippen molar-refractivity contribution in [2.45, 2.75) is 46.3 Å². The number of methoxy groups -OCH3 is 1. The molecule has 0 saturated carbocycles. The van der Waals surface area contributed by atoms with E-state index in [4.69, 9.17) is 14.2 Å². The smallest absolute Gasteiger partial charge is 0.295 e. The van der Waals surface area contributed by atoms with E-state index in [0.29, 0.717) is 54.7 Å². The molecular formula is C28H35NO6. The number of amides is 1. The number of ketones is 1. The second kappa shape index (κ2) is 11.9. The summed E-state index contributed by atoms with van der Waals surface area (Å²) in [6.07, 6.45) is 0.634. The minimum absolute atomic E-state index is 0.0500. The lowest BCUT2D eigenvalue weighted by Gasteiger charge is -2.25. The summed E-state index contributed by atoms with van der Waals surface area (Å²) < 4.78 is 16.8. The van der Waals surface area contributed by atoms with Crippen molar-refractivity contribution in [3.8, 4) is 11.5 Å². The van der Waals surface area contributed by atoms with E-state index in [1.165, 1.54) is 4.90 Å². The Kier molecular flexibility index (Phi) is 8.93. The molecule has 0 bridgehead atoms. The Balaban J connectivity index is 2.03. The van der Waals surface area contributed by atoms with Gasteiger partial charge in [-0.3, -0.25) is 9.59 Å². The van der Waals surface area contributed by atoms with E-state index in [9.17, 15) is 14.7 Å². The van der Waals surface area contributed by atoms with Crippen LogP contribution in [-0.2, 0) is 14.3 Å². The molecule has 2 aromatic rings. The molecule has 1 aliphatic heterocycles. The average Bonchev–Trinajstić information content (AvgIpc) is 3.10. The van der Waals surface area contributed by atoms with E-state index < -0.39 is 17.7 Å². The highest BCUT2D eigenvalue weighted by Crippen LogP contribution is 2.40. The highest BCUT2D eigenvalue weighted by atomic mass is 16.5. The first kappa shape index (κ1) is 26.3. The first-order chi connectivity index (χ1) is 16.7. The molecule has 0 aromatic heterocycles. The van der Waals surface area contributed by atoms with E-state index in [-0.39, 0.29) is 17.4 Å². The van der Waals surface area contributed by atoms with Crippen molar-refractivity contribution in [1.29, 1.82) is 0 Å². The lowest BCUT2D eigenvalue weighted by atomic mass is 9.95. The summed E-state index contributed by atoms with van der Waals surface area (Å²) in [7, 11) is 1.56. The number of ether oxygens (including phenoxy) is 3. The summed E-state index contributed by atoms with van der Waals surface area (Å²) in [5.74, 6) is -0.0665. The molecule has 7 heteroatoms. The zero-order chi connectivity index (χ0) is 25.5. The number of rotatable bonds is 11. The molecule has 1 atom stereocenters. The first-order valence-electron chi connectivity index (χ1n) is 12.0. The lowest BCUT2D eigenvalue weighted by Crippen LogP contribution is -2.31. The third-order valence-electron chi connectivity index (χ3n) is 5.63. The number of aliphatic hydroxyl groups excluding tert-OH is 1. The fourth-order valence-electron chi connectivity index (χ4n) is 3.97. The van der Waals surface area contributed by atoms with Crippen LogP contribution in [0.15, 0.2) is 54.1 Å². The normalized spacial score (nSPS) is 17.5. The van der Waals surface area contributed by atoms with E-state index in [1.807, 2.05) is 33.8 Å². The van der Waals surface area contributed by atoms with E-state index in [1.54, 1.807) is 49.6 Å². The quantitative estimate of drug-likeness (QED) is 0.211. The molecule has 1 saturated heterocycles. The second-order valence-electron chi connectivity index (χ2n) is 9.27. The zero-order valence-corrected chi connectivity index (χ0v) is 21.1. The van der Waals surface area contributed by atoms with Gasteiger partial charge in [0.15, 0.2) is 0 Å². The Labute approximate surface area is 207 Å². The highest BCUT2D eigenvalue weighted by molar-refractivity contribution is 6.46. The number of hydrogen-bond acceptors (Lipinski definition) is 6. The van der Waals surface area contributed by atoms with Crippen LogP contribution in [0.2, 0.25) is 0 Å². The molecule has 1 fully saturated rings. The maximum Gasteiger partial charge on any atom is 0.295 e. The third-order valence-corrected chi connectivity index (χ3v) is 5.63. The van der Waals surface area contributed by atoms with Gasteiger partial charge in [-0.25, -0.2) is 0 Å². The van der Waals surface area contributed by atoms with Crippen LogP contribution in [0.1, 0.15) is 51.3 Å². The molecule has 1 aliphatic rings. The lowest BCUT2D eigenvalue weighted by molar-refractivity contribution is -0.140. The fraction of sp³-hybridized carbons (Fsp3) is 0.429. The minimum atomic E-state index is -0.746. The van der Waals surface area contributed by atoms with Crippen molar-refractivity contribution in [3.05, 3.63) is 65.2 Å². The summed E-state index contributed by atoms with van der Waals surface area (Å²) in [5.41, 5.74) is 1.15. The monoisotopic (exact) mass is 481 g/mol. The number of carbonyl (C=O) groups is 2.